The van der Waals surface area contributed by atoms with E-state index in [0.717, 1.165) is 5.56 Å². The average molecular weight is 316 g/mol. The smallest absolute Gasteiger partial charge is 0.387 e. The number of alkyl halides is 2. The molecule has 0 saturated carbocycles. The van der Waals surface area contributed by atoms with Crippen molar-refractivity contribution in [3.63, 3.8) is 0 Å². The number of urea groups is 1. The predicted octanol–water partition coefficient (Wildman–Crippen LogP) is 2.81. The van der Waals surface area contributed by atoms with Crippen molar-refractivity contribution in [1.29, 1.82) is 0 Å². The molecule has 124 valence electrons. The number of halogens is 2. The van der Waals surface area contributed by atoms with Gasteiger partial charge in [0.05, 0.1) is 6.04 Å². The highest BCUT2D eigenvalue weighted by atomic mass is 19.3. The molecular formula is C15H22F2N2O3. The zero-order chi connectivity index (χ0) is 16.5. The van der Waals surface area contributed by atoms with Crippen LogP contribution < -0.4 is 15.4 Å². The first-order valence-electron chi connectivity index (χ1n) is 7.18. The second-order valence-electron chi connectivity index (χ2n) is 4.94. The first-order valence-corrected chi connectivity index (χ1v) is 7.18. The van der Waals surface area contributed by atoms with Crippen molar-refractivity contribution < 1.29 is 23.4 Å². The molecule has 0 saturated heterocycles. The van der Waals surface area contributed by atoms with E-state index in [4.69, 9.17) is 5.11 Å². The molecule has 1 aromatic carbocycles. The first kappa shape index (κ1) is 18.2. The quantitative estimate of drug-likeness (QED) is 0.690. The van der Waals surface area contributed by atoms with Crippen LogP contribution in [0.5, 0.6) is 5.75 Å². The Morgan fingerprint density at radius 3 is 2.41 bits per heavy atom. The van der Waals surface area contributed by atoms with Crippen molar-refractivity contribution in [2.45, 2.75) is 45.4 Å². The number of aliphatic hydroxyl groups is 1. The van der Waals surface area contributed by atoms with Gasteiger partial charge in [-0.15, -0.1) is 0 Å². The van der Waals surface area contributed by atoms with Crippen LogP contribution in [0.25, 0.3) is 0 Å². The number of nitrogens with one attached hydrogen (secondary N) is 2. The molecule has 0 aliphatic carbocycles. The van der Waals surface area contributed by atoms with Crippen molar-refractivity contribution in [2.75, 3.05) is 6.61 Å². The van der Waals surface area contributed by atoms with E-state index in [2.05, 4.69) is 15.4 Å². The van der Waals surface area contributed by atoms with Gasteiger partial charge >= 0.3 is 12.6 Å². The Labute approximate surface area is 128 Å². The van der Waals surface area contributed by atoms with E-state index in [1.54, 1.807) is 19.1 Å². The fraction of sp³-hybridized carbons (Fsp3) is 0.533. The average Bonchev–Trinajstić information content (AvgIpc) is 2.45. The van der Waals surface area contributed by atoms with Crippen LogP contribution in [0.4, 0.5) is 13.6 Å². The molecule has 0 aliphatic rings. The van der Waals surface area contributed by atoms with Crippen molar-refractivity contribution in [3.05, 3.63) is 29.8 Å². The maximum atomic E-state index is 12.1. The molecule has 1 rings (SSSR count). The van der Waals surface area contributed by atoms with Crippen LogP contribution in [0.3, 0.4) is 0 Å². The Hall–Kier alpha value is -1.89. The van der Waals surface area contributed by atoms with Crippen LogP contribution >= 0.6 is 0 Å². The zero-order valence-electron chi connectivity index (χ0n) is 12.7. The molecule has 22 heavy (non-hydrogen) atoms. The molecule has 5 nitrogen and oxygen atoms in total. The molecule has 1 aromatic rings. The largest absolute Gasteiger partial charge is 0.435 e. The lowest BCUT2D eigenvalue weighted by molar-refractivity contribution is -0.0498. The number of ether oxygens (including phenoxy) is 1. The Balaban J connectivity index is 2.61. The molecule has 0 aromatic heterocycles. The molecule has 0 fully saturated rings. The third-order valence-corrected chi connectivity index (χ3v) is 3.16. The molecular weight excluding hydrogens is 294 g/mol. The second-order valence-corrected chi connectivity index (χ2v) is 4.94. The number of benzene rings is 1. The van der Waals surface area contributed by atoms with Crippen LogP contribution in [0.2, 0.25) is 0 Å². The predicted molar refractivity (Wildman–Crippen MR) is 78.9 cm³/mol. The third-order valence-electron chi connectivity index (χ3n) is 3.16. The van der Waals surface area contributed by atoms with E-state index in [0.29, 0.717) is 12.8 Å². The molecule has 0 spiro atoms. The molecule has 0 heterocycles. The number of hydrogen-bond donors (Lipinski definition) is 3. The van der Waals surface area contributed by atoms with Crippen LogP contribution in [-0.4, -0.2) is 30.4 Å². The zero-order valence-corrected chi connectivity index (χ0v) is 12.7. The highest BCUT2D eigenvalue weighted by Crippen LogP contribution is 2.21. The molecule has 0 radical (unpaired) electrons. The van der Waals surface area contributed by atoms with E-state index in [9.17, 15) is 13.6 Å². The van der Waals surface area contributed by atoms with Crippen molar-refractivity contribution in [2.24, 2.45) is 0 Å². The van der Waals surface area contributed by atoms with E-state index in [1.807, 2.05) is 6.92 Å². The summed E-state index contributed by atoms with van der Waals surface area (Å²) in [4.78, 5) is 11.9. The highest BCUT2D eigenvalue weighted by Gasteiger charge is 2.14. The molecule has 0 aliphatic heterocycles. The van der Waals surface area contributed by atoms with Gasteiger partial charge in [0.1, 0.15) is 5.75 Å². The Bertz CT molecular complexity index is 455. The van der Waals surface area contributed by atoms with Gasteiger partial charge in [-0.2, -0.15) is 8.78 Å². The van der Waals surface area contributed by atoms with E-state index in [-0.39, 0.29) is 30.5 Å². The molecule has 2 amide bonds. The topological polar surface area (TPSA) is 70.6 Å². The third kappa shape index (κ3) is 6.26. The van der Waals surface area contributed by atoms with Crippen LogP contribution in [-0.2, 0) is 0 Å². The van der Waals surface area contributed by atoms with Gasteiger partial charge in [-0.25, -0.2) is 4.79 Å². The summed E-state index contributed by atoms with van der Waals surface area (Å²) in [6, 6.07) is 5.47. The van der Waals surface area contributed by atoms with E-state index < -0.39 is 6.61 Å². The maximum absolute atomic E-state index is 12.1. The number of hydrogen-bond acceptors (Lipinski definition) is 3. The van der Waals surface area contributed by atoms with E-state index >= 15 is 0 Å². The summed E-state index contributed by atoms with van der Waals surface area (Å²) in [5.74, 6) is 0.0784. The van der Waals surface area contributed by atoms with E-state index in [1.165, 1.54) is 12.1 Å². The number of carbonyl (C=O) groups is 1. The van der Waals surface area contributed by atoms with Gasteiger partial charge < -0.3 is 20.5 Å². The number of aliphatic hydroxyl groups excluding tert-OH is 1. The minimum atomic E-state index is -2.86. The summed E-state index contributed by atoms with van der Waals surface area (Å²) in [5, 5.41) is 14.3. The second kappa shape index (κ2) is 9.19. The number of amides is 2. The summed E-state index contributed by atoms with van der Waals surface area (Å²) < 4.78 is 28.5. The summed E-state index contributed by atoms with van der Waals surface area (Å²) >= 11 is 0. The number of carbonyl (C=O) groups excluding carboxylic acids is 1. The van der Waals surface area contributed by atoms with Gasteiger partial charge in [-0.05, 0) is 37.5 Å². The van der Waals surface area contributed by atoms with Crippen LogP contribution in [0.15, 0.2) is 24.3 Å². The van der Waals surface area contributed by atoms with Crippen LogP contribution in [0.1, 0.15) is 38.3 Å². The van der Waals surface area contributed by atoms with Gasteiger partial charge in [-0.1, -0.05) is 19.1 Å². The summed E-state index contributed by atoms with van der Waals surface area (Å²) in [7, 11) is 0. The monoisotopic (exact) mass is 316 g/mol. The van der Waals surface area contributed by atoms with Gasteiger partial charge in [0.25, 0.3) is 0 Å². The Kier molecular flexibility index (Phi) is 7.59. The SMILES string of the molecule is CCC(NC(=O)N[C@H](C)CCO)c1ccc(OC(F)F)cc1. The fourth-order valence-electron chi connectivity index (χ4n) is 1.99. The van der Waals surface area contributed by atoms with Gasteiger partial charge in [0.15, 0.2) is 0 Å². The summed E-state index contributed by atoms with van der Waals surface area (Å²) in [6.07, 6.45) is 1.13. The molecule has 2 atom stereocenters. The van der Waals surface area contributed by atoms with Crippen molar-refractivity contribution >= 4 is 6.03 Å². The lowest BCUT2D eigenvalue weighted by Gasteiger charge is -2.20. The normalized spacial score (nSPS) is 13.5. The minimum Gasteiger partial charge on any atom is -0.435 e. The standard InChI is InChI=1S/C15H22F2N2O3/c1-3-13(19-15(21)18-10(2)8-9-20)11-4-6-12(7-5-11)22-14(16)17/h4-7,10,13-14,20H,3,8-9H2,1-2H3,(H2,18,19,21)/t10-,13?/m1/s1. The molecule has 0 bridgehead atoms. The lowest BCUT2D eigenvalue weighted by Crippen LogP contribution is -2.42. The Morgan fingerprint density at radius 1 is 1.27 bits per heavy atom. The molecule has 3 N–H and O–H groups in total. The number of rotatable bonds is 8. The molecule has 1 unspecified atom stereocenters. The van der Waals surface area contributed by atoms with Gasteiger partial charge in [0, 0.05) is 12.6 Å². The maximum Gasteiger partial charge on any atom is 0.387 e. The fourth-order valence-corrected chi connectivity index (χ4v) is 1.99. The van der Waals surface area contributed by atoms with Crippen LogP contribution in [0, 0.1) is 0 Å². The lowest BCUT2D eigenvalue weighted by atomic mass is 10.0. The highest BCUT2D eigenvalue weighted by molar-refractivity contribution is 5.74. The van der Waals surface area contributed by atoms with Crippen molar-refractivity contribution in [3.8, 4) is 5.75 Å². The Morgan fingerprint density at radius 2 is 1.91 bits per heavy atom. The van der Waals surface area contributed by atoms with Gasteiger partial charge in [-0.3, -0.25) is 0 Å². The van der Waals surface area contributed by atoms with Crippen molar-refractivity contribution in [1.82, 2.24) is 10.6 Å². The molecule has 7 heteroatoms. The summed E-state index contributed by atoms with van der Waals surface area (Å²) in [6.45, 7) is 0.855. The minimum absolute atomic E-state index is 0.00422. The summed E-state index contributed by atoms with van der Waals surface area (Å²) in [5.41, 5.74) is 0.800. The van der Waals surface area contributed by atoms with Gasteiger partial charge in [0.2, 0.25) is 0 Å². The first-order chi connectivity index (χ1) is 10.5.